The van der Waals surface area contributed by atoms with Crippen LogP contribution in [0.1, 0.15) is 24.5 Å². The van der Waals surface area contributed by atoms with Gasteiger partial charge in [-0.25, -0.2) is 18.4 Å². The van der Waals surface area contributed by atoms with E-state index in [0.717, 1.165) is 29.2 Å². The molecule has 0 aliphatic heterocycles. The summed E-state index contributed by atoms with van der Waals surface area (Å²) in [6.07, 6.45) is -0.677. The Hall–Kier alpha value is -3.63. The standard InChI is InChI=1S/C30H33F2NO6S/c1-2-37-28(29(34)35)19-22-9-11-24(12-10-22)38-17-16-33(15-6-18-40-21-23-7-4-3-5-8-23)30(36)39-25-13-14-26(31)27(32)20-25/h3-5,7-14,20,28H,2,6,15-19,21H2,1H3,(H,34,35). The van der Waals surface area contributed by atoms with Crippen molar-refractivity contribution in [3.63, 3.8) is 0 Å². The maximum absolute atomic E-state index is 13.6. The number of rotatable bonds is 16. The van der Waals surface area contributed by atoms with Crippen LogP contribution in [-0.4, -0.2) is 60.2 Å². The van der Waals surface area contributed by atoms with Crippen LogP contribution in [0, 0.1) is 11.6 Å². The van der Waals surface area contributed by atoms with Crippen molar-refractivity contribution in [1.29, 1.82) is 0 Å². The fraction of sp³-hybridized carbons (Fsp3) is 0.333. The number of thioether (sulfide) groups is 1. The molecule has 0 saturated heterocycles. The molecule has 3 rings (SSSR count). The molecule has 1 unspecified atom stereocenters. The van der Waals surface area contributed by atoms with Crippen molar-refractivity contribution in [2.24, 2.45) is 0 Å². The molecule has 0 radical (unpaired) electrons. The minimum atomic E-state index is -1.10. The Bertz CT molecular complexity index is 1210. The molecule has 0 spiro atoms. The molecular formula is C30H33F2NO6S. The Kier molecular flexibility index (Phi) is 12.7. The highest BCUT2D eigenvalue weighted by Gasteiger charge is 2.19. The SMILES string of the molecule is CCOC(Cc1ccc(OCCN(CCCSCc2ccccc2)C(=O)Oc2ccc(F)c(F)c2)cc1)C(=O)O. The van der Waals surface area contributed by atoms with Crippen LogP contribution in [0.2, 0.25) is 0 Å². The number of hydrogen-bond donors (Lipinski definition) is 1. The van der Waals surface area contributed by atoms with Gasteiger partial charge in [-0.3, -0.25) is 0 Å². The second-order valence-electron chi connectivity index (χ2n) is 8.80. The normalized spacial score (nSPS) is 11.6. The van der Waals surface area contributed by atoms with Gasteiger partial charge in [0.1, 0.15) is 18.1 Å². The molecule has 0 aromatic heterocycles. The molecule has 1 N–H and O–H groups in total. The van der Waals surface area contributed by atoms with Crippen molar-refractivity contribution < 1.29 is 37.7 Å². The highest BCUT2D eigenvalue weighted by Crippen LogP contribution is 2.18. The fourth-order valence-electron chi connectivity index (χ4n) is 3.75. The number of carboxylic acids is 1. The molecular weight excluding hydrogens is 540 g/mol. The van der Waals surface area contributed by atoms with E-state index in [1.807, 2.05) is 18.2 Å². The summed E-state index contributed by atoms with van der Waals surface area (Å²) in [6.45, 7) is 2.81. The minimum absolute atomic E-state index is 0.0874. The van der Waals surface area contributed by atoms with Crippen molar-refractivity contribution in [3.05, 3.63) is 95.6 Å². The number of ether oxygens (including phenoxy) is 3. The summed E-state index contributed by atoms with van der Waals surface area (Å²) in [5, 5.41) is 9.27. The zero-order chi connectivity index (χ0) is 28.7. The summed E-state index contributed by atoms with van der Waals surface area (Å²) in [6, 6.07) is 20.0. The zero-order valence-corrected chi connectivity index (χ0v) is 23.1. The molecule has 1 amide bonds. The molecule has 0 aliphatic carbocycles. The third-order valence-electron chi connectivity index (χ3n) is 5.80. The average molecular weight is 574 g/mol. The summed E-state index contributed by atoms with van der Waals surface area (Å²) in [4.78, 5) is 25.6. The molecule has 0 aliphatic rings. The van der Waals surface area contributed by atoms with E-state index < -0.39 is 29.8 Å². The summed E-state index contributed by atoms with van der Waals surface area (Å²) >= 11 is 1.75. The summed E-state index contributed by atoms with van der Waals surface area (Å²) in [5.74, 6) is -1.01. The lowest BCUT2D eigenvalue weighted by molar-refractivity contribution is -0.149. The summed E-state index contributed by atoms with van der Waals surface area (Å²) < 4.78 is 43.2. The van der Waals surface area contributed by atoms with E-state index in [9.17, 15) is 23.5 Å². The Labute approximate surface area is 237 Å². The summed E-state index contributed by atoms with van der Waals surface area (Å²) in [5.41, 5.74) is 2.01. The average Bonchev–Trinajstić information content (AvgIpc) is 2.95. The first-order chi connectivity index (χ1) is 19.4. The smallest absolute Gasteiger partial charge is 0.415 e. The Morgan fingerprint density at radius 1 is 0.925 bits per heavy atom. The third-order valence-corrected chi connectivity index (χ3v) is 6.92. The molecule has 3 aromatic carbocycles. The number of carboxylic acid groups (broad SMARTS) is 1. The number of benzene rings is 3. The molecule has 7 nitrogen and oxygen atoms in total. The minimum Gasteiger partial charge on any atom is -0.492 e. The predicted octanol–water partition coefficient (Wildman–Crippen LogP) is 6.20. The van der Waals surface area contributed by atoms with Crippen LogP contribution in [0.5, 0.6) is 11.5 Å². The van der Waals surface area contributed by atoms with Crippen molar-refractivity contribution >= 4 is 23.8 Å². The van der Waals surface area contributed by atoms with Gasteiger partial charge in [0, 0.05) is 31.4 Å². The van der Waals surface area contributed by atoms with Crippen molar-refractivity contribution in [3.8, 4) is 11.5 Å². The van der Waals surface area contributed by atoms with Gasteiger partial charge in [0.05, 0.1) is 6.54 Å². The van der Waals surface area contributed by atoms with Crippen molar-refractivity contribution in [2.75, 3.05) is 32.1 Å². The van der Waals surface area contributed by atoms with Gasteiger partial charge in [-0.15, -0.1) is 0 Å². The molecule has 0 fully saturated rings. The van der Waals surface area contributed by atoms with Crippen LogP contribution in [0.25, 0.3) is 0 Å². The van der Waals surface area contributed by atoms with Gasteiger partial charge >= 0.3 is 12.1 Å². The molecule has 40 heavy (non-hydrogen) atoms. The van der Waals surface area contributed by atoms with Crippen molar-refractivity contribution in [2.45, 2.75) is 31.6 Å². The monoisotopic (exact) mass is 573 g/mol. The first-order valence-electron chi connectivity index (χ1n) is 12.9. The highest BCUT2D eigenvalue weighted by molar-refractivity contribution is 7.98. The van der Waals surface area contributed by atoms with Gasteiger partial charge in [-0.05, 0) is 54.5 Å². The largest absolute Gasteiger partial charge is 0.492 e. The molecule has 214 valence electrons. The second-order valence-corrected chi connectivity index (χ2v) is 9.91. The number of carbonyl (C=O) groups is 2. The Balaban J connectivity index is 1.53. The topological polar surface area (TPSA) is 85.3 Å². The van der Waals surface area contributed by atoms with Gasteiger partial charge in [0.25, 0.3) is 0 Å². The van der Waals surface area contributed by atoms with E-state index in [-0.39, 0.29) is 25.3 Å². The molecule has 1 atom stereocenters. The predicted molar refractivity (Wildman–Crippen MR) is 150 cm³/mol. The van der Waals surface area contributed by atoms with Gasteiger partial charge in [-0.2, -0.15) is 11.8 Å². The first kappa shape index (κ1) is 30.9. The van der Waals surface area contributed by atoms with E-state index in [0.29, 0.717) is 25.3 Å². The van der Waals surface area contributed by atoms with Gasteiger partial charge < -0.3 is 24.2 Å². The fourth-order valence-corrected chi connectivity index (χ4v) is 4.66. The van der Waals surface area contributed by atoms with Gasteiger partial charge in [0.15, 0.2) is 17.7 Å². The maximum atomic E-state index is 13.6. The van der Waals surface area contributed by atoms with E-state index >= 15 is 0 Å². The maximum Gasteiger partial charge on any atom is 0.415 e. The number of nitrogens with zero attached hydrogens (tertiary/aromatic N) is 1. The van der Waals surface area contributed by atoms with Crippen LogP contribution >= 0.6 is 11.8 Å². The number of amides is 1. The first-order valence-corrected chi connectivity index (χ1v) is 14.1. The molecule has 3 aromatic rings. The van der Waals surface area contributed by atoms with Crippen LogP contribution in [0.4, 0.5) is 13.6 Å². The third kappa shape index (κ3) is 10.5. The molecule has 10 heteroatoms. The van der Waals surface area contributed by atoms with E-state index in [2.05, 4.69) is 12.1 Å². The molecule has 0 saturated carbocycles. The zero-order valence-electron chi connectivity index (χ0n) is 22.3. The van der Waals surface area contributed by atoms with Crippen LogP contribution in [0.15, 0.2) is 72.8 Å². The van der Waals surface area contributed by atoms with E-state index in [1.54, 1.807) is 43.0 Å². The van der Waals surface area contributed by atoms with E-state index in [4.69, 9.17) is 14.2 Å². The highest BCUT2D eigenvalue weighted by atomic mass is 32.2. The Morgan fingerprint density at radius 3 is 2.33 bits per heavy atom. The lowest BCUT2D eigenvalue weighted by atomic mass is 10.1. The van der Waals surface area contributed by atoms with Crippen LogP contribution < -0.4 is 9.47 Å². The lowest BCUT2D eigenvalue weighted by Crippen LogP contribution is -2.37. The number of halogens is 2. The summed E-state index contributed by atoms with van der Waals surface area (Å²) in [7, 11) is 0. The Morgan fingerprint density at radius 2 is 1.65 bits per heavy atom. The van der Waals surface area contributed by atoms with E-state index in [1.165, 1.54) is 16.5 Å². The van der Waals surface area contributed by atoms with Crippen LogP contribution in [0.3, 0.4) is 0 Å². The second kappa shape index (κ2) is 16.5. The molecule has 0 heterocycles. The number of hydrogen-bond acceptors (Lipinski definition) is 6. The number of carbonyl (C=O) groups excluding carboxylic acids is 1. The van der Waals surface area contributed by atoms with Gasteiger partial charge in [0.2, 0.25) is 0 Å². The number of aliphatic carboxylic acids is 1. The van der Waals surface area contributed by atoms with Crippen molar-refractivity contribution in [1.82, 2.24) is 4.90 Å². The lowest BCUT2D eigenvalue weighted by Gasteiger charge is -2.22. The molecule has 0 bridgehead atoms. The van der Waals surface area contributed by atoms with Crippen LogP contribution in [-0.2, 0) is 21.7 Å². The quantitative estimate of drug-likeness (QED) is 0.204. The van der Waals surface area contributed by atoms with Gasteiger partial charge in [-0.1, -0.05) is 42.5 Å².